The van der Waals surface area contributed by atoms with Crippen LogP contribution >= 0.6 is 0 Å². The van der Waals surface area contributed by atoms with Gasteiger partial charge in [0.25, 0.3) is 0 Å². The van der Waals surface area contributed by atoms with Crippen molar-refractivity contribution in [1.29, 1.82) is 0 Å². The Bertz CT molecular complexity index is 548. The number of hydrogen-bond acceptors (Lipinski definition) is 1. The van der Waals surface area contributed by atoms with Gasteiger partial charge in [0.15, 0.2) is 0 Å². The largest absolute Gasteiger partial charge is 0.303 e. The molecule has 0 unspecified atom stereocenters. The van der Waals surface area contributed by atoms with E-state index in [-0.39, 0.29) is 0 Å². The first-order valence-electron chi connectivity index (χ1n) is 8.64. The summed E-state index contributed by atoms with van der Waals surface area (Å²) in [6.07, 6.45) is 7.54. The number of benzene rings is 2. The highest BCUT2D eigenvalue weighted by atomic mass is 15.1. The Morgan fingerprint density at radius 1 is 0.864 bits per heavy atom. The monoisotopic (exact) mass is 293 g/mol. The van der Waals surface area contributed by atoms with Crippen molar-refractivity contribution in [2.45, 2.75) is 44.6 Å². The van der Waals surface area contributed by atoms with Gasteiger partial charge in [-0.1, -0.05) is 54.6 Å². The Morgan fingerprint density at radius 2 is 1.45 bits per heavy atom. The average Bonchev–Trinajstić information content (AvgIpc) is 2.78. The van der Waals surface area contributed by atoms with Gasteiger partial charge in [-0.3, -0.25) is 0 Å². The minimum Gasteiger partial charge on any atom is -0.303 e. The van der Waals surface area contributed by atoms with Gasteiger partial charge in [0.2, 0.25) is 0 Å². The molecule has 1 aliphatic carbocycles. The molecule has 0 aliphatic heterocycles. The smallest absolute Gasteiger partial charge is 0.00985 e. The van der Waals surface area contributed by atoms with E-state index < -0.39 is 0 Å². The van der Waals surface area contributed by atoms with Crippen LogP contribution in [-0.2, 0) is 19.3 Å². The second-order valence-corrected chi connectivity index (χ2v) is 6.57. The summed E-state index contributed by atoms with van der Waals surface area (Å²) in [5.74, 6) is 0. The Morgan fingerprint density at radius 3 is 2.09 bits per heavy atom. The van der Waals surface area contributed by atoms with Crippen molar-refractivity contribution in [2.24, 2.45) is 0 Å². The van der Waals surface area contributed by atoms with Crippen LogP contribution in [0.4, 0.5) is 0 Å². The molecule has 3 rings (SSSR count). The van der Waals surface area contributed by atoms with E-state index in [1.807, 2.05) is 0 Å². The van der Waals surface area contributed by atoms with Crippen LogP contribution in [0, 0.1) is 0 Å². The second-order valence-electron chi connectivity index (χ2n) is 6.57. The van der Waals surface area contributed by atoms with Crippen molar-refractivity contribution in [3.8, 4) is 0 Å². The first-order valence-corrected chi connectivity index (χ1v) is 8.64. The van der Waals surface area contributed by atoms with E-state index in [1.54, 1.807) is 11.1 Å². The molecule has 1 aliphatic rings. The SMILES string of the molecule is CN(CCCc1ccccc1)C1CCc2ccccc2CC1. The van der Waals surface area contributed by atoms with E-state index >= 15 is 0 Å². The molecule has 22 heavy (non-hydrogen) atoms. The van der Waals surface area contributed by atoms with Gasteiger partial charge in [-0.15, -0.1) is 0 Å². The third-order valence-corrected chi connectivity index (χ3v) is 5.05. The molecule has 0 saturated heterocycles. The van der Waals surface area contributed by atoms with Crippen LogP contribution in [0.25, 0.3) is 0 Å². The summed E-state index contributed by atoms with van der Waals surface area (Å²) in [4.78, 5) is 2.59. The Hall–Kier alpha value is -1.60. The van der Waals surface area contributed by atoms with E-state index in [9.17, 15) is 0 Å². The van der Waals surface area contributed by atoms with Gasteiger partial charge in [-0.2, -0.15) is 0 Å². The van der Waals surface area contributed by atoms with Gasteiger partial charge in [-0.05, 0) is 68.8 Å². The Kier molecular flexibility index (Phi) is 5.29. The summed E-state index contributed by atoms with van der Waals surface area (Å²) in [7, 11) is 2.31. The lowest BCUT2D eigenvalue weighted by Gasteiger charge is -2.27. The van der Waals surface area contributed by atoms with Crippen LogP contribution < -0.4 is 0 Å². The minimum absolute atomic E-state index is 0.739. The lowest BCUT2D eigenvalue weighted by Crippen LogP contribution is -2.33. The molecule has 0 heterocycles. The standard InChI is InChI=1S/C21H27N/c1-22(17-7-10-18-8-3-2-4-9-18)21-15-13-19-11-5-6-12-20(19)14-16-21/h2-6,8-9,11-12,21H,7,10,13-17H2,1H3. The molecule has 0 spiro atoms. The Labute approximate surface area is 135 Å². The van der Waals surface area contributed by atoms with Gasteiger partial charge >= 0.3 is 0 Å². The van der Waals surface area contributed by atoms with Gasteiger partial charge in [0, 0.05) is 6.04 Å². The van der Waals surface area contributed by atoms with E-state index in [0.717, 1.165) is 6.04 Å². The second kappa shape index (κ2) is 7.60. The topological polar surface area (TPSA) is 3.24 Å². The van der Waals surface area contributed by atoms with Gasteiger partial charge < -0.3 is 4.90 Å². The average molecular weight is 293 g/mol. The maximum absolute atomic E-state index is 2.59. The molecule has 1 heteroatoms. The molecule has 0 N–H and O–H groups in total. The predicted octanol–water partition coefficient (Wildman–Crippen LogP) is 4.50. The molecule has 0 radical (unpaired) electrons. The van der Waals surface area contributed by atoms with Crippen LogP contribution in [0.15, 0.2) is 54.6 Å². The van der Waals surface area contributed by atoms with Crippen LogP contribution in [0.1, 0.15) is 36.0 Å². The molecule has 2 aromatic rings. The predicted molar refractivity (Wildman–Crippen MR) is 94.3 cm³/mol. The van der Waals surface area contributed by atoms with E-state index in [4.69, 9.17) is 0 Å². The molecule has 0 saturated carbocycles. The zero-order valence-electron chi connectivity index (χ0n) is 13.7. The molecule has 0 amide bonds. The molecule has 0 bridgehead atoms. The lowest BCUT2D eigenvalue weighted by molar-refractivity contribution is 0.220. The van der Waals surface area contributed by atoms with Crippen LogP contribution in [0.2, 0.25) is 0 Å². The minimum atomic E-state index is 0.739. The number of hydrogen-bond donors (Lipinski definition) is 0. The van der Waals surface area contributed by atoms with Gasteiger partial charge in [-0.25, -0.2) is 0 Å². The van der Waals surface area contributed by atoms with E-state index in [2.05, 4.69) is 66.5 Å². The molecule has 0 atom stereocenters. The molecule has 1 nitrogen and oxygen atoms in total. The van der Waals surface area contributed by atoms with E-state index in [1.165, 1.54) is 50.6 Å². The van der Waals surface area contributed by atoms with Gasteiger partial charge in [0.1, 0.15) is 0 Å². The van der Waals surface area contributed by atoms with Crippen molar-refractivity contribution in [3.05, 3.63) is 71.3 Å². The van der Waals surface area contributed by atoms with Gasteiger partial charge in [0.05, 0.1) is 0 Å². The Balaban J connectivity index is 1.48. The first kappa shape index (κ1) is 15.3. The maximum atomic E-state index is 2.59. The molecule has 0 fully saturated rings. The highest BCUT2D eigenvalue weighted by Crippen LogP contribution is 2.23. The normalized spacial score (nSPS) is 15.5. The van der Waals surface area contributed by atoms with Crippen LogP contribution in [0.3, 0.4) is 0 Å². The number of nitrogens with zero attached hydrogens (tertiary/aromatic N) is 1. The molecular weight excluding hydrogens is 266 g/mol. The molecule has 0 aromatic heterocycles. The van der Waals surface area contributed by atoms with E-state index in [0.29, 0.717) is 0 Å². The number of aryl methyl sites for hydroxylation is 3. The van der Waals surface area contributed by atoms with Crippen molar-refractivity contribution in [1.82, 2.24) is 4.90 Å². The summed E-state index contributed by atoms with van der Waals surface area (Å²) in [5.41, 5.74) is 4.61. The maximum Gasteiger partial charge on any atom is 0.00985 e. The highest BCUT2D eigenvalue weighted by molar-refractivity contribution is 5.28. The zero-order chi connectivity index (χ0) is 15.2. The third kappa shape index (κ3) is 3.98. The van der Waals surface area contributed by atoms with Crippen molar-refractivity contribution >= 4 is 0 Å². The van der Waals surface area contributed by atoms with Crippen LogP contribution in [-0.4, -0.2) is 24.5 Å². The molecule has 2 aromatic carbocycles. The van der Waals surface area contributed by atoms with Crippen molar-refractivity contribution < 1.29 is 0 Å². The molecular formula is C21H27N. The summed E-state index contributed by atoms with van der Waals surface area (Å²) in [6.45, 7) is 1.20. The van der Waals surface area contributed by atoms with Crippen LogP contribution in [0.5, 0.6) is 0 Å². The summed E-state index contributed by atoms with van der Waals surface area (Å²) in [5, 5.41) is 0. The summed E-state index contributed by atoms with van der Waals surface area (Å²) in [6, 6.07) is 20.6. The number of rotatable bonds is 5. The lowest BCUT2D eigenvalue weighted by atomic mass is 10.0. The quantitative estimate of drug-likeness (QED) is 0.734. The summed E-state index contributed by atoms with van der Waals surface area (Å²) < 4.78 is 0. The number of fused-ring (bicyclic) bond motifs is 1. The fourth-order valence-corrected chi connectivity index (χ4v) is 3.63. The molecule has 116 valence electrons. The zero-order valence-corrected chi connectivity index (χ0v) is 13.7. The van der Waals surface area contributed by atoms with Crippen molar-refractivity contribution in [3.63, 3.8) is 0 Å². The summed E-state index contributed by atoms with van der Waals surface area (Å²) >= 11 is 0. The highest BCUT2D eigenvalue weighted by Gasteiger charge is 2.19. The third-order valence-electron chi connectivity index (χ3n) is 5.05. The first-order chi connectivity index (χ1) is 10.8. The fourth-order valence-electron chi connectivity index (χ4n) is 3.63. The van der Waals surface area contributed by atoms with Crippen molar-refractivity contribution in [2.75, 3.05) is 13.6 Å². The fraction of sp³-hybridized carbons (Fsp3) is 0.429.